The lowest BCUT2D eigenvalue weighted by atomic mass is 10.1. The maximum atomic E-state index is 12.6. The van der Waals surface area contributed by atoms with Crippen molar-refractivity contribution in [3.63, 3.8) is 0 Å². The lowest BCUT2D eigenvalue weighted by molar-refractivity contribution is -0.163. The summed E-state index contributed by atoms with van der Waals surface area (Å²) in [7, 11) is 0. The molecular formula is C53H86O5. The van der Waals surface area contributed by atoms with E-state index in [4.69, 9.17) is 14.2 Å². The van der Waals surface area contributed by atoms with Gasteiger partial charge in [0, 0.05) is 19.4 Å². The molecule has 0 saturated heterocycles. The van der Waals surface area contributed by atoms with Crippen molar-refractivity contribution in [3.05, 3.63) is 109 Å². The summed E-state index contributed by atoms with van der Waals surface area (Å²) in [6, 6.07) is 0. The van der Waals surface area contributed by atoms with Gasteiger partial charge >= 0.3 is 11.9 Å². The monoisotopic (exact) mass is 803 g/mol. The fourth-order valence-corrected chi connectivity index (χ4v) is 5.88. The minimum Gasteiger partial charge on any atom is -0.462 e. The van der Waals surface area contributed by atoms with Crippen LogP contribution in [0.1, 0.15) is 188 Å². The fraction of sp³-hybridized carbons (Fsp3) is 0.623. The largest absolute Gasteiger partial charge is 0.462 e. The van der Waals surface area contributed by atoms with Gasteiger partial charge < -0.3 is 14.2 Å². The number of unbranched alkanes of at least 4 members (excludes halogenated alkanes) is 12. The third-order valence-electron chi connectivity index (χ3n) is 9.30. The van der Waals surface area contributed by atoms with E-state index in [9.17, 15) is 9.59 Å². The van der Waals surface area contributed by atoms with Crippen LogP contribution in [0.15, 0.2) is 109 Å². The summed E-state index contributed by atoms with van der Waals surface area (Å²) in [4.78, 5) is 25.2. The number of carbonyl (C=O) groups is 2. The zero-order valence-corrected chi connectivity index (χ0v) is 37.5. The van der Waals surface area contributed by atoms with Crippen LogP contribution in [0.5, 0.6) is 0 Å². The first-order chi connectivity index (χ1) is 28.6. The molecule has 0 fully saturated rings. The Morgan fingerprint density at radius 3 is 1.24 bits per heavy atom. The van der Waals surface area contributed by atoms with Gasteiger partial charge in [-0.1, -0.05) is 182 Å². The standard InChI is InChI=1S/C53H86O5/c1-4-7-10-13-16-18-20-22-24-26-28-30-32-34-36-39-42-45-48-56-49-51(58-53(55)47-44-41-37-15-12-9-6-3)50-57-52(54)46-43-40-38-35-33-31-29-27-25-23-21-19-17-14-11-8-5-2/h7-8,10-11,16-19,22-25,28-31,34,36,51H,4-6,9,12-15,20-21,26-27,32-33,35,37-50H2,1-3H3/b10-7-,11-8-,18-16-,19-17-,24-22-,25-23-,30-28-,31-29-,36-34-. The van der Waals surface area contributed by atoms with Crippen molar-refractivity contribution in [3.8, 4) is 0 Å². The topological polar surface area (TPSA) is 61.8 Å². The zero-order valence-electron chi connectivity index (χ0n) is 37.5. The quantitative estimate of drug-likeness (QED) is 0.0350. The van der Waals surface area contributed by atoms with Crippen molar-refractivity contribution in [2.24, 2.45) is 0 Å². The molecular weight excluding hydrogens is 717 g/mol. The van der Waals surface area contributed by atoms with Crippen molar-refractivity contribution < 1.29 is 23.8 Å². The van der Waals surface area contributed by atoms with E-state index in [1.807, 2.05) is 0 Å². The van der Waals surface area contributed by atoms with Crippen molar-refractivity contribution in [1.29, 1.82) is 0 Å². The number of hydrogen-bond acceptors (Lipinski definition) is 5. The van der Waals surface area contributed by atoms with Gasteiger partial charge in [-0.05, 0) is 103 Å². The van der Waals surface area contributed by atoms with Gasteiger partial charge in [-0.2, -0.15) is 0 Å². The number of ether oxygens (including phenoxy) is 3. The molecule has 0 heterocycles. The van der Waals surface area contributed by atoms with E-state index < -0.39 is 6.10 Å². The maximum Gasteiger partial charge on any atom is 0.306 e. The molecule has 0 spiro atoms. The van der Waals surface area contributed by atoms with Gasteiger partial charge in [-0.15, -0.1) is 0 Å². The summed E-state index contributed by atoms with van der Waals surface area (Å²) in [6.45, 7) is 7.41. The van der Waals surface area contributed by atoms with Crippen molar-refractivity contribution in [1.82, 2.24) is 0 Å². The summed E-state index contributed by atoms with van der Waals surface area (Å²) >= 11 is 0. The van der Waals surface area contributed by atoms with Crippen LogP contribution in [0.25, 0.3) is 0 Å². The Hall–Kier alpha value is -3.44. The van der Waals surface area contributed by atoms with Crippen LogP contribution in [0.3, 0.4) is 0 Å². The predicted molar refractivity (Wildman–Crippen MR) is 251 cm³/mol. The van der Waals surface area contributed by atoms with Crippen LogP contribution in [-0.2, 0) is 23.8 Å². The van der Waals surface area contributed by atoms with E-state index in [1.165, 1.54) is 25.7 Å². The molecule has 0 N–H and O–H groups in total. The molecule has 58 heavy (non-hydrogen) atoms. The molecule has 5 heteroatoms. The minimum atomic E-state index is -0.571. The van der Waals surface area contributed by atoms with E-state index in [0.29, 0.717) is 19.4 Å². The first-order valence-electron chi connectivity index (χ1n) is 23.4. The second-order valence-electron chi connectivity index (χ2n) is 14.9. The molecule has 1 atom stereocenters. The first-order valence-corrected chi connectivity index (χ1v) is 23.4. The van der Waals surface area contributed by atoms with Gasteiger partial charge in [0.25, 0.3) is 0 Å². The minimum absolute atomic E-state index is 0.0491. The van der Waals surface area contributed by atoms with E-state index in [1.54, 1.807) is 0 Å². The van der Waals surface area contributed by atoms with E-state index >= 15 is 0 Å². The lowest BCUT2D eigenvalue weighted by Gasteiger charge is -2.18. The van der Waals surface area contributed by atoms with Crippen molar-refractivity contribution in [2.45, 2.75) is 194 Å². The number of hydrogen-bond donors (Lipinski definition) is 0. The first kappa shape index (κ1) is 54.6. The Labute approximate surface area is 357 Å². The SMILES string of the molecule is CC/C=C\C/C=C\C/C=C\C/C=C\C/C=C\CCCCOCC(COC(=O)CCCCCC/C=C\C/C=C\C/C=C\C/C=C\CC)OC(=O)CCCCCCCCC. The van der Waals surface area contributed by atoms with Crippen LogP contribution >= 0.6 is 0 Å². The maximum absolute atomic E-state index is 12.6. The van der Waals surface area contributed by atoms with Crippen LogP contribution in [0.2, 0.25) is 0 Å². The molecule has 0 aliphatic carbocycles. The highest BCUT2D eigenvalue weighted by Crippen LogP contribution is 2.11. The highest BCUT2D eigenvalue weighted by atomic mass is 16.6. The number of allylic oxidation sites excluding steroid dienone is 18. The molecule has 0 amide bonds. The summed E-state index contributed by atoms with van der Waals surface area (Å²) in [5.74, 6) is -0.464. The number of carbonyl (C=O) groups excluding carboxylic acids is 2. The molecule has 0 aliphatic rings. The molecule has 0 radical (unpaired) electrons. The Morgan fingerprint density at radius 2 is 0.776 bits per heavy atom. The summed E-state index contributed by atoms with van der Waals surface area (Å²) in [6.07, 6.45) is 65.3. The zero-order chi connectivity index (χ0) is 42.1. The van der Waals surface area contributed by atoms with Crippen LogP contribution < -0.4 is 0 Å². The normalized spacial score (nSPS) is 13.2. The molecule has 0 aliphatic heterocycles. The molecule has 0 bridgehead atoms. The Morgan fingerprint density at radius 1 is 0.397 bits per heavy atom. The van der Waals surface area contributed by atoms with Crippen LogP contribution in [-0.4, -0.2) is 37.9 Å². The summed E-state index contributed by atoms with van der Waals surface area (Å²) in [5, 5.41) is 0. The number of rotatable bonds is 41. The van der Waals surface area contributed by atoms with Crippen molar-refractivity contribution in [2.75, 3.05) is 19.8 Å². The highest BCUT2D eigenvalue weighted by Gasteiger charge is 2.17. The molecule has 0 aromatic carbocycles. The van der Waals surface area contributed by atoms with Gasteiger partial charge in [0.2, 0.25) is 0 Å². The lowest BCUT2D eigenvalue weighted by Crippen LogP contribution is -2.30. The Kier molecular flexibility index (Phi) is 45.1. The van der Waals surface area contributed by atoms with Crippen LogP contribution in [0.4, 0.5) is 0 Å². The Bertz CT molecular complexity index is 1180. The fourth-order valence-electron chi connectivity index (χ4n) is 5.88. The second-order valence-corrected chi connectivity index (χ2v) is 14.9. The molecule has 0 aromatic heterocycles. The average molecular weight is 803 g/mol. The summed E-state index contributed by atoms with van der Waals surface area (Å²) in [5.41, 5.74) is 0. The van der Waals surface area contributed by atoms with Gasteiger partial charge in [-0.3, -0.25) is 9.59 Å². The van der Waals surface area contributed by atoms with Crippen molar-refractivity contribution >= 4 is 11.9 Å². The van der Waals surface area contributed by atoms with E-state index in [0.717, 1.165) is 128 Å². The molecule has 5 nitrogen and oxygen atoms in total. The van der Waals surface area contributed by atoms with Gasteiger partial charge in [0.05, 0.1) is 6.61 Å². The predicted octanol–water partition coefficient (Wildman–Crippen LogP) is 15.7. The van der Waals surface area contributed by atoms with Gasteiger partial charge in [0.1, 0.15) is 6.61 Å². The van der Waals surface area contributed by atoms with E-state index in [2.05, 4.69) is 130 Å². The third kappa shape index (κ3) is 45.3. The second kappa shape index (κ2) is 47.9. The van der Waals surface area contributed by atoms with Gasteiger partial charge in [-0.25, -0.2) is 0 Å². The van der Waals surface area contributed by atoms with E-state index in [-0.39, 0.29) is 25.2 Å². The van der Waals surface area contributed by atoms with Crippen LogP contribution in [0, 0.1) is 0 Å². The smallest absolute Gasteiger partial charge is 0.306 e. The molecule has 0 saturated carbocycles. The highest BCUT2D eigenvalue weighted by molar-refractivity contribution is 5.70. The summed E-state index contributed by atoms with van der Waals surface area (Å²) < 4.78 is 17.2. The molecule has 328 valence electrons. The van der Waals surface area contributed by atoms with Gasteiger partial charge in [0.15, 0.2) is 6.10 Å². The third-order valence-corrected chi connectivity index (χ3v) is 9.30. The average Bonchev–Trinajstić information content (AvgIpc) is 3.22. The molecule has 1 unspecified atom stereocenters. The number of esters is 2. The molecule has 0 rings (SSSR count). The Balaban J connectivity index is 4.30. The molecule has 0 aromatic rings.